The van der Waals surface area contributed by atoms with E-state index in [4.69, 9.17) is 4.74 Å². The first-order valence-electron chi connectivity index (χ1n) is 9.76. The molecular formula is C24H21N3O3S. The lowest BCUT2D eigenvalue weighted by molar-refractivity contribution is -0.113. The van der Waals surface area contributed by atoms with Crippen molar-refractivity contribution in [1.82, 2.24) is 9.38 Å². The van der Waals surface area contributed by atoms with Crippen molar-refractivity contribution in [1.29, 1.82) is 0 Å². The lowest BCUT2D eigenvalue weighted by Gasteiger charge is -2.10. The molecule has 0 saturated carbocycles. The van der Waals surface area contributed by atoms with Crippen LogP contribution in [0.3, 0.4) is 0 Å². The number of ether oxygens (including phenoxy) is 1. The van der Waals surface area contributed by atoms with Crippen LogP contribution >= 0.6 is 11.8 Å². The van der Waals surface area contributed by atoms with Crippen molar-refractivity contribution in [2.24, 2.45) is 0 Å². The van der Waals surface area contributed by atoms with Crippen molar-refractivity contribution in [3.05, 3.63) is 101 Å². The summed E-state index contributed by atoms with van der Waals surface area (Å²) < 4.78 is 7.27. The summed E-state index contributed by atoms with van der Waals surface area (Å²) in [5.41, 5.74) is 2.80. The Hall–Kier alpha value is -3.58. The highest BCUT2D eigenvalue weighted by Crippen LogP contribution is 2.21. The van der Waals surface area contributed by atoms with E-state index in [9.17, 15) is 9.59 Å². The van der Waals surface area contributed by atoms with Gasteiger partial charge in [0, 0.05) is 28.9 Å². The molecule has 0 saturated heterocycles. The standard InChI is InChI=1S/C24H21N3O3S/c1-17-8-10-21(11-9-17)31-16-23(28)26-18-5-4-6-20(13-18)30-15-19-14-24(29)27-12-3-2-7-22(27)25-19/h2-14H,15-16H2,1H3,(H,26,28). The number of carbonyl (C=O) groups is 1. The predicted molar refractivity (Wildman–Crippen MR) is 123 cm³/mol. The molecule has 1 amide bonds. The van der Waals surface area contributed by atoms with Gasteiger partial charge in [-0.05, 0) is 43.3 Å². The quantitative estimate of drug-likeness (QED) is 0.442. The summed E-state index contributed by atoms with van der Waals surface area (Å²) in [5.74, 6) is 0.810. The number of hydrogen-bond acceptors (Lipinski definition) is 5. The fraction of sp³-hybridized carbons (Fsp3) is 0.125. The molecule has 0 radical (unpaired) electrons. The second-order valence-electron chi connectivity index (χ2n) is 6.98. The zero-order valence-electron chi connectivity index (χ0n) is 16.9. The van der Waals surface area contributed by atoms with Crippen LogP contribution in [-0.4, -0.2) is 21.0 Å². The topological polar surface area (TPSA) is 72.7 Å². The van der Waals surface area contributed by atoms with Gasteiger partial charge in [0.15, 0.2) is 0 Å². The molecule has 0 aliphatic heterocycles. The number of aromatic nitrogens is 2. The maximum Gasteiger partial charge on any atom is 0.258 e. The normalized spacial score (nSPS) is 10.7. The van der Waals surface area contributed by atoms with Gasteiger partial charge in [0.1, 0.15) is 18.0 Å². The first-order valence-corrected chi connectivity index (χ1v) is 10.7. The maximum absolute atomic E-state index is 12.3. The molecule has 4 rings (SSSR count). The molecule has 0 bridgehead atoms. The number of carbonyl (C=O) groups excluding carboxylic acids is 1. The molecule has 2 aromatic carbocycles. The minimum Gasteiger partial charge on any atom is -0.487 e. The highest BCUT2D eigenvalue weighted by molar-refractivity contribution is 8.00. The molecule has 156 valence electrons. The van der Waals surface area contributed by atoms with Crippen molar-refractivity contribution in [2.75, 3.05) is 11.1 Å². The molecule has 0 unspecified atom stereocenters. The number of nitrogens with one attached hydrogen (secondary N) is 1. The minimum atomic E-state index is -0.156. The van der Waals surface area contributed by atoms with Crippen LogP contribution in [0, 0.1) is 6.92 Å². The lowest BCUT2D eigenvalue weighted by atomic mass is 10.2. The Kier molecular flexibility index (Phi) is 6.33. The van der Waals surface area contributed by atoms with Crippen molar-refractivity contribution in [3.63, 3.8) is 0 Å². The Bertz CT molecular complexity index is 1270. The Balaban J connectivity index is 1.35. The summed E-state index contributed by atoms with van der Waals surface area (Å²) >= 11 is 1.49. The number of benzene rings is 2. The number of amides is 1. The van der Waals surface area contributed by atoms with Crippen LogP contribution in [0.1, 0.15) is 11.3 Å². The molecule has 4 aromatic rings. The van der Waals surface area contributed by atoms with Crippen molar-refractivity contribution < 1.29 is 9.53 Å². The van der Waals surface area contributed by atoms with E-state index in [1.54, 1.807) is 36.5 Å². The Morgan fingerprint density at radius 2 is 1.90 bits per heavy atom. The van der Waals surface area contributed by atoms with Gasteiger partial charge in [-0.1, -0.05) is 29.8 Å². The van der Waals surface area contributed by atoms with Crippen LogP contribution in [0.5, 0.6) is 5.75 Å². The smallest absolute Gasteiger partial charge is 0.258 e. The number of anilines is 1. The van der Waals surface area contributed by atoms with Crippen LogP contribution < -0.4 is 15.6 Å². The molecule has 6 nitrogen and oxygen atoms in total. The molecule has 0 aliphatic rings. The third-order valence-electron chi connectivity index (χ3n) is 4.52. The molecule has 0 spiro atoms. The van der Waals surface area contributed by atoms with Gasteiger partial charge in [0.2, 0.25) is 5.91 Å². The number of nitrogens with zero attached hydrogens (tertiary/aromatic N) is 2. The minimum absolute atomic E-state index is 0.0908. The number of hydrogen-bond donors (Lipinski definition) is 1. The molecule has 2 heterocycles. The second-order valence-corrected chi connectivity index (χ2v) is 8.03. The van der Waals surface area contributed by atoms with Gasteiger partial charge in [-0.25, -0.2) is 4.98 Å². The number of aryl methyl sites for hydroxylation is 1. The number of fused-ring (bicyclic) bond motifs is 1. The lowest BCUT2D eigenvalue weighted by Crippen LogP contribution is -2.16. The Morgan fingerprint density at radius 3 is 2.74 bits per heavy atom. The molecule has 31 heavy (non-hydrogen) atoms. The van der Waals surface area contributed by atoms with Gasteiger partial charge < -0.3 is 10.1 Å². The molecule has 7 heteroatoms. The van der Waals surface area contributed by atoms with Crippen molar-refractivity contribution >= 4 is 29.0 Å². The Morgan fingerprint density at radius 1 is 1.06 bits per heavy atom. The molecule has 0 aliphatic carbocycles. The van der Waals surface area contributed by atoms with E-state index in [1.165, 1.54) is 27.8 Å². The third kappa shape index (κ3) is 5.52. The summed E-state index contributed by atoms with van der Waals surface area (Å²) in [6, 6.07) is 22.1. The van der Waals surface area contributed by atoms with Gasteiger partial charge in [-0.3, -0.25) is 14.0 Å². The number of pyridine rings is 1. The van der Waals surface area contributed by atoms with Crippen molar-refractivity contribution in [2.45, 2.75) is 18.4 Å². The fourth-order valence-electron chi connectivity index (χ4n) is 2.98. The average molecular weight is 432 g/mol. The monoisotopic (exact) mass is 431 g/mol. The van der Waals surface area contributed by atoms with Crippen LogP contribution in [0.25, 0.3) is 5.65 Å². The van der Waals surface area contributed by atoms with E-state index in [-0.39, 0.29) is 18.1 Å². The van der Waals surface area contributed by atoms with Crippen LogP contribution in [0.15, 0.2) is 88.7 Å². The number of rotatable bonds is 7. The molecule has 2 aromatic heterocycles. The van der Waals surface area contributed by atoms with Crippen molar-refractivity contribution in [3.8, 4) is 5.75 Å². The van der Waals surface area contributed by atoms with Crippen LogP contribution in [0.4, 0.5) is 5.69 Å². The summed E-state index contributed by atoms with van der Waals surface area (Å²) in [7, 11) is 0. The van der Waals surface area contributed by atoms with E-state index in [0.717, 1.165) is 4.90 Å². The highest BCUT2D eigenvalue weighted by Gasteiger charge is 2.06. The van der Waals surface area contributed by atoms with E-state index in [2.05, 4.69) is 10.3 Å². The Labute approximate surface area is 183 Å². The number of thioether (sulfide) groups is 1. The highest BCUT2D eigenvalue weighted by atomic mass is 32.2. The SMILES string of the molecule is Cc1ccc(SCC(=O)Nc2cccc(OCc3cc(=O)n4ccccc4n3)c2)cc1. The van der Waals surface area contributed by atoms with E-state index in [1.807, 2.05) is 43.3 Å². The second kappa shape index (κ2) is 9.49. The fourth-order valence-corrected chi connectivity index (χ4v) is 3.68. The first-order chi connectivity index (χ1) is 15.1. The molecule has 0 atom stereocenters. The largest absolute Gasteiger partial charge is 0.487 e. The predicted octanol–water partition coefficient (Wildman–Crippen LogP) is 4.31. The summed E-state index contributed by atoms with van der Waals surface area (Å²) in [5, 5.41) is 2.89. The van der Waals surface area contributed by atoms with E-state index < -0.39 is 0 Å². The van der Waals surface area contributed by atoms with Crippen LogP contribution in [-0.2, 0) is 11.4 Å². The zero-order valence-corrected chi connectivity index (χ0v) is 17.8. The average Bonchev–Trinajstić information content (AvgIpc) is 2.78. The molecule has 0 fully saturated rings. The summed E-state index contributed by atoms with van der Waals surface area (Å²) in [4.78, 5) is 30.0. The van der Waals surface area contributed by atoms with Gasteiger partial charge in [-0.2, -0.15) is 0 Å². The van der Waals surface area contributed by atoms with E-state index in [0.29, 0.717) is 28.5 Å². The van der Waals surface area contributed by atoms with Gasteiger partial charge in [-0.15, -0.1) is 11.8 Å². The molecule has 1 N–H and O–H groups in total. The first kappa shape index (κ1) is 20.7. The maximum atomic E-state index is 12.3. The molecular weight excluding hydrogens is 410 g/mol. The van der Waals surface area contributed by atoms with Crippen LogP contribution in [0.2, 0.25) is 0 Å². The summed E-state index contributed by atoms with van der Waals surface area (Å²) in [6.45, 7) is 2.19. The zero-order chi connectivity index (χ0) is 21.6. The van der Waals surface area contributed by atoms with Gasteiger partial charge >= 0.3 is 0 Å². The van der Waals surface area contributed by atoms with Gasteiger partial charge in [0.25, 0.3) is 5.56 Å². The summed E-state index contributed by atoms with van der Waals surface area (Å²) in [6.07, 6.45) is 1.68. The van der Waals surface area contributed by atoms with Gasteiger partial charge in [0.05, 0.1) is 11.4 Å². The third-order valence-corrected chi connectivity index (χ3v) is 5.53. The van der Waals surface area contributed by atoms with E-state index >= 15 is 0 Å².